The lowest BCUT2D eigenvalue weighted by Gasteiger charge is -2.18. The first-order valence-electron chi connectivity index (χ1n) is 7.18. The normalized spacial score (nSPS) is 13.6. The van der Waals surface area contributed by atoms with E-state index in [0.29, 0.717) is 17.7 Å². The van der Waals surface area contributed by atoms with E-state index in [-0.39, 0.29) is 22.7 Å². The molecule has 1 heterocycles. The molecular formula is C16H14N2O5S. The Morgan fingerprint density at radius 1 is 1.17 bits per heavy atom. The number of carbonyl (C=O) groups excluding carboxylic acids is 1. The summed E-state index contributed by atoms with van der Waals surface area (Å²) >= 11 is 0. The summed E-state index contributed by atoms with van der Waals surface area (Å²) in [4.78, 5) is 24.8. The van der Waals surface area contributed by atoms with Crippen LogP contribution in [0.15, 0.2) is 47.4 Å². The highest BCUT2D eigenvalue weighted by atomic mass is 32.2. The van der Waals surface area contributed by atoms with Crippen LogP contribution in [0.5, 0.6) is 0 Å². The third-order valence-electron chi connectivity index (χ3n) is 3.96. The molecule has 2 aromatic carbocycles. The Morgan fingerprint density at radius 2 is 1.88 bits per heavy atom. The quantitative estimate of drug-likeness (QED) is 0.627. The Morgan fingerprint density at radius 3 is 2.54 bits per heavy atom. The molecule has 0 fully saturated rings. The smallest absolute Gasteiger partial charge is 0.274 e. The topological polar surface area (TPSA) is 97.6 Å². The summed E-state index contributed by atoms with van der Waals surface area (Å²) in [5, 5.41) is 11.1. The third kappa shape index (κ3) is 2.65. The number of carbonyl (C=O) groups is 1. The van der Waals surface area contributed by atoms with Gasteiger partial charge in [0.2, 0.25) is 0 Å². The van der Waals surface area contributed by atoms with Crippen molar-refractivity contribution in [2.24, 2.45) is 0 Å². The summed E-state index contributed by atoms with van der Waals surface area (Å²) in [6.45, 7) is 0.275. The zero-order valence-corrected chi connectivity index (χ0v) is 13.6. The van der Waals surface area contributed by atoms with Crippen LogP contribution in [0.1, 0.15) is 15.9 Å². The van der Waals surface area contributed by atoms with Crippen LogP contribution in [0.25, 0.3) is 0 Å². The molecular weight excluding hydrogens is 332 g/mol. The summed E-state index contributed by atoms with van der Waals surface area (Å²) < 4.78 is 23.8. The molecule has 3 rings (SSSR count). The molecule has 2 aromatic rings. The number of rotatable bonds is 3. The lowest BCUT2D eigenvalue weighted by Crippen LogP contribution is -2.30. The lowest BCUT2D eigenvalue weighted by molar-refractivity contribution is -0.385. The molecule has 124 valence electrons. The highest BCUT2D eigenvalue weighted by Gasteiger charge is 2.32. The second-order valence-electron chi connectivity index (χ2n) is 5.51. The van der Waals surface area contributed by atoms with Crippen molar-refractivity contribution in [3.8, 4) is 0 Å². The van der Waals surface area contributed by atoms with E-state index in [2.05, 4.69) is 0 Å². The molecule has 8 heteroatoms. The van der Waals surface area contributed by atoms with E-state index < -0.39 is 20.7 Å². The Balaban J connectivity index is 2.08. The van der Waals surface area contributed by atoms with Gasteiger partial charge in [-0.25, -0.2) is 8.42 Å². The minimum absolute atomic E-state index is 0.0285. The highest BCUT2D eigenvalue weighted by Crippen LogP contribution is 2.36. The summed E-state index contributed by atoms with van der Waals surface area (Å²) in [5.74, 6) is -0.477. The van der Waals surface area contributed by atoms with Gasteiger partial charge >= 0.3 is 0 Å². The van der Waals surface area contributed by atoms with Crippen LogP contribution in [0, 0.1) is 10.1 Å². The SMILES string of the molecule is CS(=O)(=O)c1ccccc1C(=O)N1CCc2c1cccc2[N+](=O)[O-]. The van der Waals surface area contributed by atoms with Crippen molar-refractivity contribution in [3.63, 3.8) is 0 Å². The molecule has 0 N–H and O–H groups in total. The number of amides is 1. The number of nitro benzene ring substituents is 1. The van der Waals surface area contributed by atoms with Crippen molar-refractivity contribution in [3.05, 3.63) is 63.7 Å². The molecule has 0 spiro atoms. The van der Waals surface area contributed by atoms with Gasteiger partial charge in [-0.1, -0.05) is 18.2 Å². The van der Waals surface area contributed by atoms with Gasteiger partial charge in [-0.3, -0.25) is 14.9 Å². The summed E-state index contributed by atoms with van der Waals surface area (Å²) in [6.07, 6.45) is 1.40. The first-order chi connectivity index (χ1) is 11.3. The first kappa shape index (κ1) is 16.1. The maximum absolute atomic E-state index is 12.8. The minimum atomic E-state index is -3.56. The Bertz CT molecular complexity index is 953. The van der Waals surface area contributed by atoms with Gasteiger partial charge in [-0.05, 0) is 24.6 Å². The van der Waals surface area contributed by atoms with Crippen LogP contribution < -0.4 is 4.90 Å². The lowest BCUT2D eigenvalue weighted by atomic mass is 10.1. The molecule has 1 aliphatic rings. The monoisotopic (exact) mass is 346 g/mol. The van der Waals surface area contributed by atoms with Crippen molar-refractivity contribution in [1.29, 1.82) is 0 Å². The number of anilines is 1. The van der Waals surface area contributed by atoms with Crippen molar-refractivity contribution >= 4 is 27.1 Å². The molecule has 0 saturated heterocycles. The second-order valence-corrected chi connectivity index (χ2v) is 7.49. The fourth-order valence-corrected chi connectivity index (χ4v) is 3.79. The van der Waals surface area contributed by atoms with Gasteiger partial charge in [0, 0.05) is 18.9 Å². The van der Waals surface area contributed by atoms with Gasteiger partial charge in [0.05, 0.1) is 26.6 Å². The van der Waals surface area contributed by atoms with Gasteiger partial charge in [-0.15, -0.1) is 0 Å². The molecule has 0 unspecified atom stereocenters. The number of nitro groups is 1. The molecule has 0 bridgehead atoms. The predicted octanol–water partition coefficient (Wildman–Crippen LogP) is 2.20. The number of sulfone groups is 1. The maximum atomic E-state index is 12.8. The van der Waals surface area contributed by atoms with Crippen LogP contribution in [0.4, 0.5) is 11.4 Å². The van der Waals surface area contributed by atoms with Gasteiger partial charge in [-0.2, -0.15) is 0 Å². The van der Waals surface area contributed by atoms with Crippen molar-refractivity contribution in [1.82, 2.24) is 0 Å². The van der Waals surface area contributed by atoms with Crippen LogP contribution in [0.3, 0.4) is 0 Å². The Kier molecular flexibility index (Phi) is 3.84. The zero-order chi connectivity index (χ0) is 17.5. The van der Waals surface area contributed by atoms with Gasteiger partial charge in [0.1, 0.15) is 0 Å². The number of benzene rings is 2. The third-order valence-corrected chi connectivity index (χ3v) is 5.12. The van der Waals surface area contributed by atoms with E-state index in [0.717, 1.165) is 6.26 Å². The maximum Gasteiger partial charge on any atom is 0.274 e. The van der Waals surface area contributed by atoms with E-state index in [1.807, 2.05) is 0 Å². The standard InChI is InChI=1S/C16H14N2O5S/c1-24(22,23)15-8-3-2-5-12(15)16(19)17-10-9-11-13(17)6-4-7-14(11)18(20)21/h2-8H,9-10H2,1H3. The Hall–Kier alpha value is -2.74. The average Bonchev–Trinajstić information content (AvgIpc) is 2.97. The zero-order valence-electron chi connectivity index (χ0n) is 12.8. The molecule has 0 atom stereocenters. The van der Waals surface area contributed by atoms with Crippen LogP contribution in [-0.2, 0) is 16.3 Å². The van der Waals surface area contributed by atoms with E-state index in [1.165, 1.54) is 29.2 Å². The van der Waals surface area contributed by atoms with Gasteiger partial charge < -0.3 is 4.90 Å². The van der Waals surface area contributed by atoms with Crippen molar-refractivity contribution < 1.29 is 18.1 Å². The second kappa shape index (κ2) is 5.72. The Labute approximate surface area is 138 Å². The first-order valence-corrected chi connectivity index (χ1v) is 9.07. The molecule has 1 aliphatic heterocycles. The van der Waals surface area contributed by atoms with E-state index >= 15 is 0 Å². The van der Waals surface area contributed by atoms with Crippen molar-refractivity contribution in [2.45, 2.75) is 11.3 Å². The number of fused-ring (bicyclic) bond motifs is 1. The summed E-state index contributed by atoms with van der Waals surface area (Å²) in [6, 6.07) is 10.5. The van der Waals surface area contributed by atoms with Gasteiger partial charge in [0.25, 0.3) is 11.6 Å². The van der Waals surface area contributed by atoms with Crippen molar-refractivity contribution in [2.75, 3.05) is 17.7 Å². The molecule has 7 nitrogen and oxygen atoms in total. The fraction of sp³-hybridized carbons (Fsp3) is 0.188. The molecule has 1 amide bonds. The predicted molar refractivity (Wildman–Crippen MR) is 88.0 cm³/mol. The van der Waals surface area contributed by atoms with E-state index in [9.17, 15) is 23.3 Å². The molecule has 24 heavy (non-hydrogen) atoms. The molecule has 0 aliphatic carbocycles. The number of nitrogens with zero attached hydrogens (tertiary/aromatic N) is 2. The fourth-order valence-electron chi connectivity index (χ4n) is 2.91. The van der Waals surface area contributed by atoms with Crippen LogP contribution >= 0.6 is 0 Å². The van der Waals surface area contributed by atoms with Crippen LogP contribution in [-0.4, -0.2) is 32.0 Å². The molecule has 0 aromatic heterocycles. The van der Waals surface area contributed by atoms with Gasteiger partial charge in [0.15, 0.2) is 9.84 Å². The van der Waals surface area contributed by atoms with E-state index in [4.69, 9.17) is 0 Å². The highest BCUT2D eigenvalue weighted by molar-refractivity contribution is 7.90. The minimum Gasteiger partial charge on any atom is -0.307 e. The number of hydrogen-bond acceptors (Lipinski definition) is 5. The molecule has 0 radical (unpaired) electrons. The molecule has 0 saturated carbocycles. The number of hydrogen-bond donors (Lipinski definition) is 0. The summed E-state index contributed by atoms with van der Waals surface area (Å²) in [5.41, 5.74) is 0.990. The van der Waals surface area contributed by atoms with Crippen LogP contribution in [0.2, 0.25) is 0 Å². The summed E-state index contributed by atoms with van der Waals surface area (Å²) in [7, 11) is -3.56. The largest absolute Gasteiger partial charge is 0.307 e. The average molecular weight is 346 g/mol. The van der Waals surface area contributed by atoms with E-state index in [1.54, 1.807) is 18.2 Å².